The van der Waals surface area contributed by atoms with Crippen LogP contribution in [0.4, 0.5) is 0 Å². The molecule has 1 aromatic rings. The number of halogens is 1. The van der Waals surface area contributed by atoms with Gasteiger partial charge in [0, 0.05) is 11.6 Å². The molecule has 2 atom stereocenters. The molecular formula is C12H12ClNO3. The van der Waals surface area contributed by atoms with Crippen LogP contribution in [0.15, 0.2) is 24.3 Å². The zero-order chi connectivity index (χ0) is 12.4. The predicted molar refractivity (Wildman–Crippen MR) is 62.5 cm³/mol. The van der Waals surface area contributed by atoms with Crippen molar-refractivity contribution in [1.29, 1.82) is 0 Å². The van der Waals surface area contributed by atoms with E-state index in [9.17, 15) is 9.59 Å². The summed E-state index contributed by atoms with van der Waals surface area (Å²) >= 11 is 5.81. The molecule has 0 spiro atoms. The van der Waals surface area contributed by atoms with Gasteiger partial charge in [-0.1, -0.05) is 23.7 Å². The van der Waals surface area contributed by atoms with Crippen LogP contribution in [0.25, 0.3) is 0 Å². The Morgan fingerprint density at radius 2 is 2.18 bits per heavy atom. The Balaban J connectivity index is 1.83. The van der Waals surface area contributed by atoms with Gasteiger partial charge in [-0.25, -0.2) is 0 Å². The molecule has 2 N–H and O–H groups in total. The van der Waals surface area contributed by atoms with Gasteiger partial charge in [-0.15, -0.1) is 0 Å². The minimum atomic E-state index is -0.895. The Morgan fingerprint density at radius 3 is 2.76 bits per heavy atom. The smallest absolute Gasteiger partial charge is 0.307 e. The van der Waals surface area contributed by atoms with Gasteiger partial charge in [0.05, 0.1) is 11.8 Å². The molecule has 1 aromatic carbocycles. The molecule has 1 fully saturated rings. The van der Waals surface area contributed by atoms with Crippen LogP contribution in [0.3, 0.4) is 0 Å². The molecule has 90 valence electrons. The molecule has 1 amide bonds. The molecule has 0 aromatic heterocycles. The molecule has 0 bridgehead atoms. The number of nitrogens with one attached hydrogen (secondary N) is 1. The minimum absolute atomic E-state index is 0.197. The summed E-state index contributed by atoms with van der Waals surface area (Å²) in [6.07, 6.45) is 0.441. The van der Waals surface area contributed by atoms with Gasteiger partial charge in [0.25, 0.3) is 0 Å². The van der Waals surface area contributed by atoms with Crippen molar-refractivity contribution in [3.63, 3.8) is 0 Å². The quantitative estimate of drug-likeness (QED) is 0.858. The van der Waals surface area contributed by atoms with Crippen LogP contribution >= 0.6 is 11.6 Å². The maximum absolute atomic E-state index is 11.6. The van der Waals surface area contributed by atoms with E-state index >= 15 is 0 Å². The lowest BCUT2D eigenvalue weighted by Gasteiger charge is -2.04. The number of rotatable bonds is 4. The van der Waals surface area contributed by atoms with Crippen LogP contribution < -0.4 is 5.32 Å². The first kappa shape index (κ1) is 11.9. The second-order valence-electron chi connectivity index (χ2n) is 4.13. The van der Waals surface area contributed by atoms with E-state index in [0.29, 0.717) is 18.0 Å². The van der Waals surface area contributed by atoms with Crippen molar-refractivity contribution in [1.82, 2.24) is 5.32 Å². The molecule has 1 aliphatic rings. The van der Waals surface area contributed by atoms with Crippen molar-refractivity contribution in [2.45, 2.75) is 13.0 Å². The molecule has 0 saturated heterocycles. The van der Waals surface area contributed by atoms with Gasteiger partial charge in [-0.2, -0.15) is 0 Å². The van der Waals surface area contributed by atoms with E-state index in [1.165, 1.54) is 0 Å². The van der Waals surface area contributed by atoms with Gasteiger partial charge in [-0.3, -0.25) is 9.59 Å². The molecule has 1 aliphatic carbocycles. The van der Waals surface area contributed by atoms with Gasteiger partial charge in [0.15, 0.2) is 0 Å². The molecule has 0 aliphatic heterocycles. The van der Waals surface area contributed by atoms with Crippen LogP contribution in [0.1, 0.15) is 12.0 Å². The van der Waals surface area contributed by atoms with Crippen molar-refractivity contribution in [3.05, 3.63) is 34.9 Å². The van der Waals surface area contributed by atoms with Crippen LogP contribution in [0.2, 0.25) is 5.02 Å². The number of hydrogen-bond acceptors (Lipinski definition) is 2. The maximum atomic E-state index is 11.6. The highest BCUT2D eigenvalue weighted by molar-refractivity contribution is 6.30. The highest BCUT2D eigenvalue weighted by atomic mass is 35.5. The summed E-state index contributed by atoms with van der Waals surface area (Å²) in [6.45, 7) is 0.377. The fraction of sp³-hybridized carbons (Fsp3) is 0.333. The summed E-state index contributed by atoms with van der Waals surface area (Å²) in [5.41, 5.74) is 0.901. The van der Waals surface area contributed by atoms with Crippen molar-refractivity contribution in [2.24, 2.45) is 11.8 Å². The van der Waals surface area contributed by atoms with Crippen LogP contribution in [-0.2, 0) is 16.1 Å². The Morgan fingerprint density at radius 1 is 1.41 bits per heavy atom. The summed E-state index contributed by atoms with van der Waals surface area (Å²) in [5, 5.41) is 12.0. The third kappa shape index (κ3) is 2.97. The van der Waals surface area contributed by atoms with E-state index in [2.05, 4.69) is 5.32 Å². The van der Waals surface area contributed by atoms with Gasteiger partial charge in [0.2, 0.25) is 5.91 Å². The summed E-state index contributed by atoms with van der Waals surface area (Å²) < 4.78 is 0. The van der Waals surface area contributed by atoms with Gasteiger partial charge >= 0.3 is 5.97 Å². The summed E-state index contributed by atoms with van der Waals surface area (Å²) in [7, 11) is 0. The molecule has 17 heavy (non-hydrogen) atoms. The zero-order valence-corrected chi connectivity index (χ0v) is 9.78. The predicted octanol–water partition coefficient (Wildman–Crippen LogP) is 1.68. The lowest BCUT2D eigenvalue weighted by atomic mass is 10.2. The number of aliphatic carboxylic acids is 1. The summed E-state index contributed by atoms with van der Waals surface area (Å²) in [4.78, 5) is 22.2. The summed E-state index contributed by atoms with van der Waals surface area (Å²) in [5.74, 6) is -1.97. The average molecular weight is 254 g/mol. The number of carboxylic acid groups (broad SMARTS) is 1. The highest BCUT2D eigenvalue weighted by Crippen LogP contribution is 2.38. The average Bonchev–Trinajstić information content (AvgIpc) is 3.06. The van der Waals surface area contributed by atoms with E-state index < -0.39 is 11.9 Å². The lowest BCUT2D eigenvalue weighted by Crippen LogP contribution is -2.25. The van der Waals surface area contributed by atoms with E-state index in [4.69, 9.17) is 16.7 Å². The first-order valence-electron chi connectivity index (χ1n) is 5.33. The first-order chi connectivity index (χ1) is 8.08. The molecule has 5 heteroatoms. The van der Waals surface area contributed by atoms with Crippen LogP contribution in [0.5, 0.6) is 0 Å². The maximum Gasteiger partial charge on any atom is 0.307 e. The fourth-order valence-electron chi connectivity index (χ4n) is 1.72. The number of carbonyl (C=O) groups is 2. The van der Waals surface area contributed by atoms with Crippen molar-refractivity contribution < 1.29 is 14.7 Å². The molecular weight excluding hydrogens is 242 g/mol. The minimum Gasteiger partial charge on any atom is -0.481 e. The first-order valence-corrected chi connectivity index (χ1v) is 5.70. The second kappa shape index (κ2) is 4.75. The van der Waals surface area contributed by atoms with E-state index in [1.807, 2.05) is 6.07 Å². The molecule has 2 unspecified atom stereocenters. The molecule has 0 heterocycles. The SMILES string of the molecule is O=C(O)C1CC1C(=O)NCc1cccc(Cl)c1. The number of carboxylic acids is 1. The largest absolute Gasteiger partial charge is 0.481 e. The standard InChI is InChI=1S/C12H12ClNO3/c13-8-3-1-2-7(4-8)6-14-11(15)9-5-10(9)12(16)17/h1-4,9-10H,5-6H2,(H,14,15)(H,16,17). The molecule has 4 nitrogen and oxygen atoms in total. The number of benzene rings is 1. The zero-order valence-electron chi connectivity index (χ0n) is 9.02. The van der Waals surface area contributed by atoms with Gasteiger partial charge < -0.3 is 10.4 Å². The molecule has 1 saturated carbocycles. The highest BCUT2D eigenvalue weighted by Gasteiger charge is 2.48. The van der Waals surface area contributed by atoms with Crippen LogP contribution in [0, 0.1) is 11.8 Å². The van der Waals surface area contributed by atoms with Gasteiger partial charge in [-0.05, 0) is 24.1 Å². The fourth-order valence-corrected chi connectivity index (χ4v) is 1.94. The Kier molecular flexibility index (Phi) is 3.33. The Bertz CT molecular complexity index is 461. The van der Waals surface area contributed by atoms with E-state index in [1.54, 1.807) is 18.2 Å². The third-order valence-electron chi connectivity index (χ3n) is 2.80. The van der Waals surface area contributed by atoms with E-state index in [0.717, 1.165) is 5.56 Å². The Labute approximate surface area is 104 Å². The van der Waals surface area contributed by atoms with Crippen molar-refractivity contribution in [2.75, 3.05) is 0 Å². The molecule has 2 rings (SSSR count). The number of amides is 1. The van der Waals surface area contributed by atoms with E-state index in [-0.39, 0.29) is 11.8 Å². The molecule has 0 radical (unpaired) electrons. The number of hydrogen-bond donors (Lipinski definition) is 2. The van der Waals surface area contributed by atoms with Gasteiger partial charge in [0.1, 0.15) is 0 Å². The van der Waals surface area contributed by atoms with Crippen molar-refractivity contribution in [3.8, 4) is 0 Å². The third-order valence-corrected chi connectivity index (χ3v) is 3.04. The second-order valence-corrected chi connectivity index (χ2v) is 4.57. The lowest BCUT2D eigenvalue weighted by molar-refractivity contribution is -0.140. The Hall–Kier alpha value is -1.55. The number of carbonyl (C=O) groups excluding carboxylic acids is 1. The van der Waals surface area contributed by atoms with Crippen LogP contribution in [-0.4, -0.2) is 17.0 Å². The van der Waals surface area contributed by atoms with Crippen molar-refractivity contribution >= 4 is 23.5 Å². The normalized spacial score (nSPS) is 21.9. The summed E-state index contributed by atoms with van der Waals surface area (Å²) in [6, 6.07) is 7.19. The topological polar surface area (TPSA) is 66.4 Å². The monoisotopic (exact) mass is 253 g/mol.